The van der Waals surface area contributed by atoms with Gasteiger partial charge in [-0.25, -0.2) is 8.42 Å². The van der Waals surface area contributed by atoms with Crippen LogP contribution in [0.4, 0.5) is 5.69 Å². The van der Waals surface area contributed by atoms with Gasteiger partial charge < -0.3 is 15.0 Å². The topological polar surface area (TPSA) is 96.0 Å². The molecular weight excluding hydrogens is 609 g/mol. The molecule has 0 radical (unpaired) electrons. The van der Waals surface area contributed by atoms with Crippen molar-refractivity contribution in [1.82, 2.24) is 10.2 Å². The summed E-state index contributed by atoms with van der Waals surface area (Å²) >= 11 is 12.5. The molecule has 0 aromatic heterocycles. The SMILES string of the molecule is CCOc1ccc(N(CC(=O)N(Cc2ccccc2Cl)[C@@H](CC)C(=O)NC2CCCC2)S(=O)(=O)c2ccc(Cl)cc2)cc1. The van der Waals surface area contributed by atoms with Crippen molar-refractivity contribution in [3.8, 4) is 5.75 Å². The van der Waals surface area contributed by atoms with Crippen LogP contribution in [0.3, 0.4) is 0 Å². The van der Waals surface area contributed by atoms with Gasteiger partial charge in [-0.2, -0.15) is 0 Å². The number of carbonyl (C=O) groups excluding carboxylic acids is 2. The van der Waals surface area contributed by atoms with Gasteiger partial charge in [0.05, 0.1) is 17.2 Å². The molecular formula is C32H37Cl2N3O5S. The monoisotopic (exact) mass is 645 g/mol. The molecule has 0 saturated heterocycles. The molecule has 43 heavy (non-hydrogen) atoms. The van der Waals surface area contributed by atoms with Gasteiger partial charge in [-0.3, -0.25) is 13.9 Å². The van der Waals surface area contributed by atoms with Gasteiger partial charge in [-0.05, 0) is 86.3 Å². The fraction of sp³-hybridized carbons (Fsp3) is 0.375. The summed E-state index contributed by atoms with van der Waals surface area (Å²) in [6.45, 7) is 3.62. The van der Waals surface area contributed by atoms with Crippen LogP contribution in [0.25, 0.3) is 0 Å². The Morgan fingerprint density at radius 1 is 0.953 bits per heavy atom. The normalized spacial score (nSPS) is 14.2. The van der Waals surface area contributed by atoms with E-state index >= 15 is 0 Å². The molecule has 3 aromatic rings. The number of carbonyl (C=O) groups is 2. The standard InChI is InChI=1S/C32H37Cl2N3O5S/c1-3-30(32(39)35-25-10-6-7-11-25)36(21-23-9-5-8-12-29(23)34)31(38)22-37(26-15-17-27(18-16-26)42-4-2)43(40,41)28-19-13-24(33)14-20-28/h5,8-9,12-20,25,30H,3-4,6-7,10-11,21-22H2,1-2H3,(H,35,39)/t30-/m0/s1. The lowest BCUT2D eigenvalue weighted by Crippen LogP contribution is -2.53. The molecule has 11 heteroatoms. The van der Waals surface area contributed by atoms with E-state index in [0.29, 0.717) is 34.4 Å². The fourth-order valence-electron chi connectivity index (χ4n) is 5.23. The number of sulfonamides is 1. The molecule has 0 aliphatic heterocycles. The highest BCUT2D eigenvalue weighted by Gasteiger charge is 2.34. The Hall–Kier alpha value is -3.27. The summed E-state index contributed by atoms with van der Waals surface area (Å²) in [6, 6.07) is 18.6. The Balaban J connectivity index is 1.72. The molecule has 1 fully saturated rings. The predicted octanol–water partition coefficient (Wildman–Crippen LogP) is 6.45. The highest BCUT2D eigenvalue weighted by Crippen LogP contribution is 2.28. The first kappa shape index (κ1) is 32.6. The third-order valence-electron chi connectivity index (χ3n) is 7.50. The van der Waals surface area contributed by atoms with Crippen molar-refractivity contribution in [2.24, 2.45) is 0 Å². The Morgan fingerprint density at radius 3 is 2.21 bits per heavy atom. The zero-order chi connectivity index (χ0) is 31.0. The van der Waals surface area contributed by atoms with Crippen LogP contribution in [0.1, 0.15) is 51.5 Å². The Kier molecular flexibility index (Phi) is 11.3. The number of hydrogen-bond acceptors (Lipinski definition) is 5. The number of halogens is 2. The summed E-state index contributed by atoms with van der Waals surface area (Å²) < 4.78 is 34.6. The molecule has 0 heterocycles. The maximum Gasteiger partial charge on any atom is 0.264 e. The summed E-state index contributed by atoms with van der Waals surface area (Å²) in [6.07, 6.45) is 4.21. The van der Waals surface area contributed by atoms with Gasteiger partial charge in [-0.15, -0.1) is 0 Å². The Bertz CT molecular complexity index is 1490. The Labute approximate surface area is 264 Å². The molecule has 8 nitrogen and oxygen atoms in total. The van der Waals surface area contributed by atoms with Crippen LogP contribution in [0.15, 0.2) is 77.7 Å². The first-order valence-electron chi connectivity index (χ1n) is 14.5. The van der Waals surface area contributed by atoms with E-state index in [1.807, 2.05) is 13.8 Å². The zero-order valence-electron chi connectivity index (χ0n) is 24.3. The van der Waals surface area contributed by atoms with Gasteiger partial charge in [0.2, 0.25) is 11.8 Å². The fourth-order valence-corrected chi connectivity index (χ4v) is 6.97. The molecule has 1 atom stereocenters. The van der Waals surface area contributed by atoms with E-state index < -0.39 is 28.5 Å². The highest BCUT2D eigenvalue weighted by atomic mass is 35.5. The minimum atomic E-state index is -4.22. The predicted molar refractivity (Wildman–Crippen MR) is 170 cm³/mol. The van der Waals surface area contributed by atoms with Crippen LogP contribution in [-0.4, -0.2) is 50.4 Å². The molecule has 2 amide bonds. The van der Waals surface area contributed by atoms with Gasteiger partial charge in [0.15, 0.2) is 0 Å². The van der Waals surface area contributed by atoms with E-state index in [-0.39, 0.29) is 29.1 Å². The second-order valence-corrected chi connectivity index (χ2v) is 13.1. The molecule has 3 aromatic carbocycles. The lowest BCUT2D eigenvalue weighted by molar-refractivity contribution is -0.140. The molecule has 1 aliphatic rings. The number of nitrogens with zero attached hydrogens (tertiary/aromatic N) is 2. The largest absolute Gasteiger partial charge is 0.494 e. The van der Waals surface area contributed by atoms with Crippen LogP contribution < -0.4 is 14.4 Å². The summed E-state index contributed by atoms with van der Waals surface area (Å²) in [4.78, 5) is 29.2. The Morgan fingerprint density at radius 2 is 1.60 bits per heavy atom. The van der Waals surface area contributed by atoms with Gasteiger partial charge in [-0.1, -0.05) is 61.2 Å². The number of hydrogen-bond donors (Lipinski definition) is 1. The highest BCUT2D eigenvalue weighted by molar-refractivity contribution is 7.92. The van der Waals surface area contributed by atoms with Crippen molar-refractivity contribution in [3.63, 3.8) is 0 Å². The number of rotatable bonds is 13. The van der Waals surface area contributed by atoms with E-state index in [9.17, 15) is 18.0 Å². The third kappa shape index (κ3) is 8.22. The van der Waals surface area contributed by atoms with E-state index in [0.717, 1.165) is 30.0 Å². The molecule has 230 valence electrons. The molecule has 4 rings (SSSR count). The van der Waals surface area contributed by atoms with Crippen LogP contribution in [0, 0.1) is 0 Å². The van der Waals surface area contributed by atoms with Crippen molar-refractivity contribution in [2.45, 2.75) is 69.5 Å². The first-order valence-corrected chi connectivity index (χ1v) is 16.7. The van der Waals surface area contributed by atoms with Gasteiger partial charge in [0.1, 0.15) is 18.3 Å². The summed E-state index contributed by atoms with van der Waals surface area (Å²) in [5.41, 5.74) is 0.922. The summed E-state index contributed by atoms with van der Waals surface area (Å²) in [5.74, 6) is -0.237. The quantitative estimate of drug-likeness (QED) is 0.230. The van der Waals surface area contributed by atoms with Crippen LogP contribution in [0.2, 0.25) is 10.0 Å². The van der Waals surface area contributed by atoms with E-state index in [4.69, 9.17) is 27.9 Å². The van der Waals surface area contributed by atoms with Crippen molar-refractivity contribution < 1.29 is 22.7 Å². The lowest BCUT2D eigenvalue weighted by Gasteiger charge is -2.34. The number of amides is 2. The summed E-state index contributed by atoms with van der Waals surface area (Å²) in [7, 11) is -4.22. The molecule has 1 aliphatic carbocycles. The number of benzene rings is 3. The number of anilines is 1. The molecule has 0 bridgehead atoms. The zero-order valence-corrected chi connectivity index (χ0v) is 26.7. The molecule has 1 saturated carbocycles. The van der Waals surface area contributed by atoms with E-state index in [1.54, 1.807) is 48.5 Å². The van der Waals surface area contributed by atoms with E-state index in [2.05, 4.69) is 5.32 Å². The molecule has 1 N–H and O–H groups in total. The number of nitrogens with one attached hydrogen (secondary N) is 1. The van der Waals surface area contributed by atoms with Crippen molar-refractivity contribution in [1.29, 1.82) is 0 Å². The van der Waals surface area contributed by atoms with E-state index in [1.165, 1.54) is 29.2 Å². The van der Waals surface area contributed by atoms with Crippen molar-refractivity contribution in [2.75, 3.05) is 17.5 Å². The molecule has 0 unspecified atom stereocenters. The van der Waals surface area contributed by atoms with Crippen LogP contribution >= 0.6 is 23.2 Å². The second-order valence-electron chi connectivity index (χ2n) is 10.4. The average molecular weight is 647 g/mol. The molecule has 0 spiro atoms. The van der Waals surface area contributed by atoms with Crippen molar-refractivity contribution in [3.05, 3.63) is 88.4 Å². The van der Waals surface area contributed by atoms with Gasteiger partial charge >= 0.3 is 0 Å². The minimum absolute atomic E-state index is 0.0257. The number of ether oxygens (including phenoxy) is 1. The smallest absolute Gasteiger partial charge is 0.264 e. The van der Waals surface area contributed by atoms with Gasteiger partial charge in [0, 0.05) is 22.6 Å². The summed E-state index contributed by atoms with van der Waals surface area (Å²) in [5, 5.41) is 3.94. The first-order chi connectivity index (χ1) is 20.6. The maximum atomic E-state index is 14.2. The maximum absolute atomic E-state index is 14.2. The van der Waals surface area contributed by atoms with Crippen LogP contribution in [-0.2, 0) is 26.2 Å². The lowest BCUT2D eigenvalue weighted by atomic mass is 10.1. The third-order valence-corrected chi connectivity index (χ3v) is 9.91. The average Bonchev–Trinajstić information content (AvgIpc) is 3.50. The minimum Gasteiger partial charge on any atom is -0.494 e. The second kappa shape index (κ2) is 14.9. The van der Waals surface area contributed by atoms with Crippen molar-refractivity contribution >= 4 is 50.7 Å². The van der Waals surface area contributed by atoms with Gasteiger partial charge in [0.25, 0.3) is 10.0 Å². The van der Waals surface area contributed by atoms with Crippen LogP contribution in [0.5, 0.6) is 5.75 Å².